The molecule has 2 aromatic carbocycles. The molecule has 0 spiro atoms. The Balaban J connectivity index is 1.55. The van der Waals surface area contributed by atoms with E-state index in [1.54, 1.807) is 31.3 Å². The molecule has 52 heavy (non-hydrogen) atoms. The highest BCUT2D eigenvalue weighted by Crippen LogP contribution is 2.68. The number of rotatable bonds is 8. The zero-order valence-electron chi connectivity index (χ0n) is 28.3. The van der Waals surface area contributed by atoms with Crippen molar-refractivity contribution >= 4 is 34.2 Å². The smallest absolute Gasteiger partial charge is 0.293 e. The number of aromatic nitrogens is 5. The Morgan fingerprint density at radius 1 is 1.06 bits per heavy atom. The number of alkyl halides is 4. The number of pyridine rings is 1. The maximum atomic E-state index is 16.0. The Morgan fingerprint density at radius 3 is 2.37 bits per heavy atom. The lowest BCUT2D eigenvalue weighted by atomic mass is 9.84. The molecule has 4 N–H and O–H groups in total. The van der Waals surface area contributed by atoms with Gasteiger partial charge in [-0.1, -0.05) is 23.6 Å². The summed E-state index contributed by atoms with van der Waals surface area (Å²) < 4.78 is 92.3. The van der Waals surface area contributed by atoms with E-state index in [4.69, 9.17) is 28.1 Å². The number of nitrogens with zero attached hydrogens (tertiary/aromatic N) is 5. The summed E-state index contributed by atoms with van der Waals surface area (Å²) in [5.74, 6) is -4.06. The van der Waals surface area contributed by atoms with Gasteiger partial charge >= 0.3 is 0 Å². The van der Waals surface area contributed by atoms with Gasteiger partial charge in [0.25, 0.3) is 12.3 Å². The Labute approximate surface area is 299 Å². The van der Waals surface area contributed by atoms with E-state index in [1.165, 1.54) is 4.68 Å². The molecule has 5 aromatic rings. The van der Waals surface area contributed by atoms with E-state index in [0.717, 1.165) is 12.1 Å². The molecule has 1 unspecified atom stereocenters. The number of amides is 1. The van der Waals surface area contributed by atoms with Crippen LogP contribution >= 0.6 is 11.6 Å². The summed E-state index contributed by atoms with van der Waals surface area (Å²) in [5, 5.41) is 8.94. The maximum absolute atomic E-state index is 16.0. The molecule has 7 rings (SSSR count). The number of anilines is 1. The first-order valence-electron chi connectivity index (χ1n) is 16.4. The number of halogens is 7. The molecule has 15 heteroatoms. The van der Waals surface area contributed by atoms with Crippen molar-refractivity contribution in [3.05, 3.63) is 93.0 Å². The minimum atomic E-state index is -3.62. The van der Waals surface area contributed by atoms with Crippen molar-refractivity contribution in [2.75, 3.05) is 5.73 Å². The number of hydrogen-bond acceptors (Lipinski definition) is 5. The van der Waals surface area contributed by atoms with Crippen LogP contribution in [0, 0.1) is 34.8 Å². The molecule has 8 nitrogen and oxygen atoms in total. The highest BCUT2D eigenvalue weighted by atomic mass is 35.5. The number of fused-ring (bicyclic) bond motifs is 4. The molecule has 4 atom stereocenters. The van der Waals surface area contributed by atoms with Crippen LogP contribution in [0.5, 0.6) is 0 Å². The summed E-state index contributed by atoms with van der Waals surface area (Å²) in [4.78, 5) is 18.5. The van der Waals surface area contributed by atoms with Gasteiger partial charge in [-0.3, -0.25) is 9.48 Å². The lowest BCUT2D eigenvalue weighted by Crippen LogP contribution is -2.37. The first kappa shape index (κ1) is 35.4. The SMILES string of the molecule is Cn1nc(N)c2c(Cl)ccc(-c3ccc(C#CC(C)(C)C)nc3[C@@H](Cc3cc(F)cc(F)c3)C(C(N)=O)n3nc(C(F)F)c4c3C(F)(F)[C@@H]3C[C@H]43)c21. The van der Waals surface area contributed by atoms with Crippen LogP contribution in [-0.4, -0.2) is 30.5 Å². The van der Waals surface area contributed by atoms with Gasteiger partial charge in [-0.15, -0.1) is 0 Å². The first-order chi connectivity index (χ1) is 24.4. The summed E-state index contributed by atoms with van der Waals surface area (Å²) in [6, 6.07) is 7.25. The largest absolute Gasteiger partial charge is 0.382 e. The van der Waals surface area contributed by atoms with Gasteiger partial charge in [0.15, 0.2) is 5.82 Å². The lowest BCUT2D eigenvalue weighted by Gasteiger charge is -2.29. The summed E-state index contributed by atoms with van der Waals surface area (Å²) in [6.45, 7) is 5.63. The molecular weight excluding hydrogens is 708 g/mol. The van der Waals surface area contributed by atoms with Crippen LogP contribution in [0.25, 0.3) is 22.0 Å². The van der Waals surface area contributed by atoms with Crippen molar-refractivity contribution in [2.24, 2.45) is 24.1 Å². The molecule has 1 amide bonds. The van der Waals surface area contributed by atoms with E-state index in [0.29, 0.717) is 32.8 Å². The molecular formula is C37H32ClF6N7O. The van der Waals surface area contributed by atoms with E-state index in [2.05, 4.69) is 22.0 Å². The Hall–Kier alpha value is -5.03. The second kappa shape index (κ2) is 12.3. The molecule has 1 fully saturated rings. The average Bonchev–Trinajstić information content (AvgIpc) is 3.58. The Bertz CT molecular complexity index is 2330. The standard InChI is InChI=1S/C37H32ClF6N7O/c1-36(2,3)10-9-19-5-6-20(21-7-8-25(38)27-30(21)50(4)49-34(27)45)28(47-19)23(13-16-11-17(39)14-18(40)12-16)31(35(46)52)51-32-26(29(48-51)33(41)42)22-15-24(22)37(32,43)44/h5-8,11-12,14,22-24,31,33H,13,15H2,1-4H3,(H2,45,49)(H2,46,52)/t22-,23+,24+,31?/m0/s1. The minimum absolute atomic E-state index is 0.00574. The third kappa shape index (κ3) is 5.94. The maximum Gasteiger partial charge on any atom is 0.293 e. The third-order valence-electron chi connectivity index (χ3n) is 9.54. The number of carbonyl (C=O) groups excluding carboxylic acids is 1. The monoisotopic (exact) mass is 739 g/mol. The minimum Gasteiger partial charge on any atom is -0.382 e. The molecule has 3 heterocycles. The highest BCUT2D eigenvalue weighted by molar-refractivity contribution is 6.37. The van der Waals surface area contributed by atoms with E-state index in [-0.39, 0.29) is 39.8 Å². The van der Waals surface area contributed by atoms with Gasteiger partial charge in [-0.05, 0) is 81.3 Å². The number of primary amides is 1. The van der Waals surface area contributed by atoms with Crippen LogP contribution in [0.4, 0.5) is 32.2 Å². The lowest BCUT2D eigenvalue weighted by molar-refractivity contribution is -0.122. The molecule has 2 aliphatic rings. The van der Waals surface area contributed by atoms with Crippen LogP contribution in [-0.2, 0) is 24.2 Å². The number of hydrogen-bond donors (Lipinski definition) is 2. The fourth-order valence-electron chi connectivity index (χ4n) is 7.38. The number of nitrogens with two attached hydrogens (primary N) is 2. The van der Waals surface area contributed by atoms with Gasteiger partial charge in [0.2, 0.25) is 5.91 Å². The summed E-state index contributed by atoms with van der Waals surface area (Å²) in [6.07, 6.45) is -3.67. The van der Waals surface area contributed by atoms with E-state index >= 15 is 8.78 Å². The van der Waals surface area contributed by atoms with Crippen molar-refractivity contribution in [1.29, 1.82) is 0 Å². The fraction of sp³-hybridized carbons (Fsp3) is 0.351. The normalized spacial score (nSPS) is 18.5. The van der Waals surface area contributed by atoms with E-state index in [1.807, 2.05) is 20.8 Å². The number of aryl methyl sites for hydroxylation is 1. The topological polar surface area (TPSA) is 118 Å². The molecule has 0 saturated heterocycles. The quantitative estimate of drug-likeness (QED) is 0.124. The molecule has 270 valence electrons. The van der Waals surface area contributed by atoms with Gasteiger partial charge < -0.3 is 11.5 Å². The average molecular weight is 740 g/mol. The van der Waals surface area contributed by atoms with Gasteiger partial charge in [0.05, 0.1) is 21.6 Å². The Kier molecular flexibility index (Phi) is 8.36. The zero-order chi connectivity index (χ0) is 37.6. The van der Waals surface area contributed by atoms with Crippen LogP contribution in [0.15, 0.2) is 42.5 Å². The second-order valence-corrected chi connectivity index (χ2v) is 14.8. The van der Waals surface area contributed by atoms with Crippen LogP contribution in [0.2, 0.25) is 5.02 Å². The van der Waals surface area contributed by atoms with Gasteiger partial charge in [-0.25, -0.2) is 27.2 Å². The number of carbonyl (C=O) groups is 1. The molecule has 0 radical (unpaired) electrons. The molecule has 2 aliphatic carbocycles. The summed E-state index contributed by atoms with van der Waals surface area (Å²) >= 11 is 6.54. The number of nitrogen functional groups attached to an aromatic ring is 1. The van der Waals surface area contributed by atoms with E-state index in [9.17, 15) is 22.4 Å². The zero-order valence-corrected chi connectivity index (χ0v) is 29.0. The second-order valence-electron chi connectivity index (χ2n) is 14.4. The third-order valence-corrected chi connectivity index (χ3v) is 9.85. The predicted octanol–water partition coefficient (Wildman–Crippen LogP) is 7.94. The molecule has 1 saturated carbocycles. The van der Waals surface area contributed by atoms with Crippen molar-refractivity contribution in [3.8, 4) is 23.0 Å². The van der Waals surface area contributed by atoms with Crippen molar-refractivity contribution < 1.29 is 31.1 Å². The van der Waals surface area contributed by atoms with E-state index < -0.39 is 76.9 Å². The first-order valence-corrected chi connectivity index (χ1v) is 16.7. The van der Waals surface area contributed by atoms with Crippen molar-refractivity contribution in [2.45, 2.75) is 63.8 Å². The molecule has 0 aliphatic heterocycles. The molecule has 3 aromatic heterocycles. The van der Waals surface area contributed by atoms with Gasteiger partial charge in [0, 0.05) is 47.1 Å². The van der Waals surface area contributed by atoms with Crippen molar-refractivity contribution in [3.63, 3.8) is 0 Å². The fourth-order valence-corrected chi connectivity index (χ4v) is 7.63. The van der Waals surface area contributed by atoms with Gasteiger partial charge in [0.1, 0.15) is 34.8 Å². The van der Waals surface area contributed by atoms with Crippen LogP contribution < -0.4 is 11.5 Å². The number of benzene rings is 2. The van der Waals surface area contributed by atoms with Crippen molar-refractivity contribution in [1.82, 2.24) is 24.5 Å². The molecule has 0 bridgehead atoms. The van der Waals surface area contributed by atoms with Gasteiger partial charge in [-0.2, -0.15) is 19.0 Å². The summed E-state index contributed by atoms with van der Waals surface area (Å²) in [5.41, 5.74) is 11.2. The predicted molar refractivity (Wildman–Crippen MR) is 183 cm³/mol. The Morgan fingerprint density at radius 2 is 1.73 bits per heavy atom. The highest BCUT2D eigenvalue weighted by Gasteiger charge is 2.67. The summed E-state index contributed by atoms with van der Waals surface area (Å²) in [7, 11) is 1.63. The van der Waals surface area contributed by atoms with Crippen LogP contribution in [0.1, 0.15) is 85.4 Å². The van der Waals surface area contributed by atoms with Crippen LogP contribution in [0.3, 0.4) is 0 Å².